The van der Waals surface area contributed by atoms with E-state index in [1.807, 2.05) is 37.8 Å². The summed E-state index contributed by atoms with van der Waals surface area (Å²) in [5, 5.41) is 2.82. The van der Waals surface area contributed by atoms with E-state index in [0.717, 1.165) is 31.9 Å². The number of hydrogen-bond donors (Lipinski definition) is 1. The second-order valence-corrected chi connectivity index (χ2v) is 7.28. The van der Waals surface area contributed by atoms with Gasteiger partial charge in [-0.3, -0.25) is 4.79 Å². The average Bonchev–Trinajstić information content (AvgIpc) is 2.62. The van der Waals surface area contributed by atoms with Gasteiger partial charge >= 0.3 is 0 Å². The Hall–Kier alpha value is -2.77. The fourth-order valence-corrected chi connectivity index (χ4v) is 2.58. The van der Waals surface area contributed by atoms with Crippen LogP contribution in [0.25, 0.3) is 0 Å². The van der Waals surface area contributed by atoms with Crippen molar-refractivity contribution in [1.29, 1.82) is 0 Å². The van der Waals surface area contributed by atoms with Gasteiger partial charge in [0.2, 0.25) is 11.9 Å². The summed E-state index contributed by atoms with van der Waals surface area (Å²) in [5.74, 6) is 0.596. The molecule has 3 rings (SSSR count). The highest BCUT2D eigenvalue weighted by atomic mass is 19.1. The molecule has 138 valence electrons. The van der Waals surface area contributed by atoms with Crippen molar-refractivity contribution in [3.8, 4) is 0 Å². The molecule has 0 spiro atoms. The average molecular weight is 358 g/mol. The van der Waals surface area contributed by atoms with Crippen LogP contribution >= 0.6 is 0 Å². The molecule has 0 atom stereocenters. The molecule has 1 aliphatic rings. The van der Waals surface area contributed by atoms with Gasteiger partial charge < -0.3 is 15.1 Å². The number of pyridine rings is 1. The first-order valence-electron chi connectivity index (χ1n) is 8.58. The topological polar surface area (TPSA) is 74.2 Å². The van der Waals surface area contributed by atoms with E-state index < -0.39 is 11.2 Å². The first-order chi connectivity index (χ1) is 12.3. The highest BCUT2D eigenvalue weighted by Crippen LogP contribution is 2.20. The molecule has 0 unspecified atom stereocenters. The van der Waals surface area contributed by atoms with Crippen LogP contribution in [-0.4, -0.2) is 47.0 Å². The highest BCUT2D eigenvalue weighted by molar-refractivity contribution is 5.93. The van der Waals surface area contributed by atoms with Crippen LogP contribution in [-0.2, 0) is 4.79 Å². The Morgan fingerprint density at radius 3 is 2.15 bits per heavy atom. The lowest BCUT2D eigenvalue weighted by Crippen LogP contribution is -2.47. The molecule has 7 nitrogen and oxygen atoms in total. The van der Waals surface area contributed by atoms with E-state index in [2.05, 4.69) is 25.2 Å². The van der Waals surface area contributed by atoms with Crippen LogP contribution in [0.2, 0.25) is 0 Å². The number of nitrogens with one attached hydrogen (secondary N) is 1. The van der Waals surface area contributed by atoms with Gasteiger partial charge in [0.05, 0.1) is 24.3 Å². The number of halogens is 1. The molecule has 0 aliphatic carbocycles. The molecule has 26 heavy (non-hydrogen) atoms. The summed E-state index contributed by atoms with van der Waals surface area (Å²) in [6.07, 6.45) is 4.13. The molecule has 1 aliphatic heterocycles. The molecule has 1 saturated heterocycles. The van der Waals surface area contributed by atoms with E-state index in [4.69, 9.17) is 0 Å². The molecule has 3 heterocycles. The monoisotopic (exact) mass is 358 g/mol. The van der Waals surface area contributed by atoms with Gasteiger partial charge in [0.25, 0.3) is 0 Å². The van der Waals surface area contributed by atoms with Gasteiger partial charge in [-0.25, -0.2) is 19.3 Å². The lowest BCUT2D eigenvalue weighted by molar-refractivity contribution is -0.123. The standard InChI is InChI=1S/C18H23FN6O/c1-18(2,3)16(26)23-15-5-4-14(12-20-15)24-6-8-25(9-7-24)17-21-10-13(19)11-22-17/h4-5,10-12H,6-9H2,1-3H3,(H,20,23,26). The summed E-state index contributed by atoms with van der Waals surface area (Å²) < 4.78 is 12.9. The molecule has 1 N–H and O–H groups in total. The maximum Gasteiger partial charge on any atom is 0.230 e. The summed E-state index contributed by atoms with van der Waals surface area (Å²) >= 11 is 0. The van der Waals surface area contributed by atoms with Crippen LogP contribution in [0.3, 0.4) is 0 Å². The smallest absolute Gasteiger partial charge is 0.230 e. The van der Waals surface area contributed by atoms with Crippen LogP contribution in [0.4, 0.5) is 21.8 Å². The zero-order valence-electron chi connectivity index (χ0n) is 15.2. The lowest BCUT2D eigenvalue weighted by atomic mass is 9.96. The van der Waals surface area contributed by atoms with Crippen molar-refractivity contribution in [3.63, 3.8) is 0 Å². The Kier molecular flexibility index (Phi) is 5.01. The van der Waals surface area contributed by atoms with Gasteiger partial charge in [0, 0.05) is 31.6 Å². The Bertz CT molecular complexity index is 749. The third-order valence-corrected chi connectivity index (χ3v) is 4.21. The highest BCUT2D eigenvalue weighted by Gasteiger charge is 2.22. The first-order valence-corrected chi connectivity index (χ1v) is 8.58. The Morgan fingerprint density at radius 2 is 1.62 bits per heavy atom. The summed E-state index contributed by atoms with van der Waals surface area (Å²) in [6.45, 7) is 8.65. The van der Waals surface area contributed by atoms with Crippen molar-refractivity contribution in [3.05, 3.63) is 36.5 Å². The van der Waals surface area contributed by atoms with Gasteiger partial charge in [-0.15, -0.1) is 0 Å². The summed E-state index contributed by atoms with van der Waals surface area (Å²) in [6, 6.07) is 3.77. The van der Waals surface area contributed by atoms with Gasteiger partial charge in [-0.1, -0.05) is 20.8 Å². The van der Waals surface area contributed by atoms with Crippen molar-refractivity contribution in [2.45, 2.75) is 20.8 Å². The van der Waals surface area contributed by atoms with Crippen molar-refractivity contribution in [1.82, 2.24) is 15.0 Å². The first kappa shape index (κ1) is 18.0. The minimum atomic E-state index is -0.459. The number of rotatable bonds is 3. The van der Waals surface area contributed by atoms with Gasteiger partial charge in [-0.05, 0) is 12.1 Å². The molecule has 2 aromatic rings. The number of nitrogens with zero attached hydrogens (tertiary/aromatic N) is 5. The SMILES string of the molecule is CC(C)(C)C(=O)Nc1ccc(N2CCN(c3ncc(F)cn3)CC2)cn1. The van der Waals surface area contributed by atoms with E-state index in [1.54, 1.807) is 6.20 Å². The van der Waals surface area contributed by atoms with Crippen molar-refractivity contribution in [2.75, 3.05) is 41.3 Å². The molecule has 1 fully saturated rings. The van der Waals surface area contributed by atoms with Crippen LogP contribution in [0.5, 0.6) is 0 Å². The molecular formula is C18H23FN6O. The van der Waals surface area contributed by atoms with Gasteiger partial charge in [0.15, 0.2) is 5.82 Å². The van der Waals surface area contributed by atoms with Gasteiger partial charge in [-0.2, -0.15) is 0 Å². The molecule has 2 aromatic heterocycles. The number of piperazine rings is 1. The Balaban J connectivity index is 1.58. The normalized spacial score (nSPS) is 15.1. The lowest BCUT2D eigenvalue weighted by Gasteiger charge is -2.35. The zero-order chi connectivity index (χ0) is 18.7. The summed E-state index contributed by atoms with van der Waals surface area (Å²) in [5.41, 5.74) is 0.539. The third kappa shape index (κ3) is 4.25. The van der Waals surface area contributed by atoms with Crippen LogP contribution < -0.4 is 15.1 Å². The molecule has 0 aromatic carbocycles. The van der Waals surface area contributed by atoms with Crippen molar-refractivity contribution in [2.24, 2.45) is 5.41 Å². The quantitative estimate of drug-likeness (QED) is 0.908. The predicted molar refractivity (Wildman–Crippen MR) is 98.7 cm³/mol. The van der Waals surface area contributed by atoms with E-state index >= 15 is 0 Å². The number of aromatic nitrogens is 3. The second-order valence-electron chi connectivity index (χ2n) is 7.28. The Labute approximate surface area is 152 Å². The van der Waals surface area contributed by atoms with Crippen molar-refractivity contribution >= 4 is 23.4 Å². The van der Waals surface area contributed by atoms with Crippen molar-refractivity contribution < 1.29 is 9.18 Å². The predicted octanol–water partition coefficient (Wildman–Crippen LogP) is 2.32. The van der Waals surface area contributed by atoms with E-state index in [0.29, 0.717) is 11.8 Å². The zero-order valence-corrected chi connectivity index (χ0v) is 15.2. The molecule has 8 heteroatoms. The molecule has 0 saturated carbocycles. The summed E-state index contributed by atoms with van der Waals surface area (Å²) in [4.78, 5) is 28.6. The molecule has 0 bridgehead atoms. The molecule has 1 amide bonds. The third-order valence-electron chi connectivity index (χ3n) is 4.21. The second kappa shape index (κ2) is 7.23. The van der Waals surface area contributed by atoms with Gasteiger partial charge in [0.1, 0.15) is 5.82 Å². The number of anilines is 3. The molecule has 0 radical (unpaired) electrons. The minimum Gasteiger partial charge on any atom is -0.367 e. The van der Waals surface area contributed by atoms with Crippen LogP contribution in [0.1, 0.15) is 20.8 Å². The summed E-state index contributed by atoms with van der Waals surface area (Å²) in [7, 11) is 0. The number of carbonyl (C=O) groups is 1. The Morgan fingerprint density at radius 1 is 1.00 bits per heavy atom. The van der Waals surface area contributed by atoms with E-state index in [1.165, 1.54) is 12.4 Å². The van der Waals surface area contributed by atoms with Crippen LogP contribution in [0, 0.1) is 11.2 Å². The fourth-order valence-electron chi connectivity index (χ4n) is 2.58. The number of carbonyl (C=O) groups excluding carboxylic acids is 1. The minimum absolute atomic E-state index is 0.0642. The molecular weight excluding hydrogens is 335 g/mol. The fraction of sp³-hybridized carbons (Fsp3) is 0.444. The number of amides is 1. The largest absolute Gasteiger partial charge is 0.367 e. The number of hydrogen-bond acceptors (Lipinski definition) is 6. The van der Waals surface area contributed by atoms with Crippen LogP contribution in [0.15, 0.2) is 30.7 Å². The maximum absolute atomic E-state index is 12.9. The van der Waals surface area contributed by atoms with E-state index in [-0.39, 0.29) is 5.91 Å². The van der Waals surface area contributed by atoms with E-state index in [9.17, 15) is 9.18 Å². The maximum atomic E-state index is 12.9.